The van der Waals surface area contributed by atoms with Crippen LogP contribution in [0.1, 0.15) is 72.1 Å². The molecule has 1 aliphatic rings. The molecule has 4 atom stereocenters. The van der Waals surface area contributed by atoms with Gasteiger partial charge in [-0.3, -0.25) is 0 Å². The van der Waals surface area contributed by atoms with Gasteiger partial charge in [0.15, 0.2) is 0 Å². The van der Waals surface area contributed by atoms with Crippen LogP contribution in [0.2, 0.25) is 0 Å². The number of ether oxygens (including phenoxy) is 1. The Labute approximate surface area is 113 Å². The molecule has 0 aromatic carbocycles. The first kappa shape index (κ1) is 16.0. The molecule has 0 amide bonds. The molecule has 4 unspecified atom stereocenters. The minimum absolute atomic E-state index is 0.0804. The van der Waals surface area contributed by atoms with Crippen LogP contribution in [0.5, 0.6) is 0 Å². The zero-order valence-corrected chi connectivity index (χ0v) is 12.5. The molecule has 0 saturated heterocycles. The lowest BCUT2D eigenvalue weighted by molar-refractivity contribution is -0.0963. The van der Waals surface area contributed by atoms with Crippen molar-refractivity contribution < 1.29 is 9.84 Å². The van der Waals surface area contributed by atoms with E-state index in [2.05, 4.69) is 20.8 Å². The van der Waals surface area contributed by atoms with Crippen molar-refractivity contribution in [2.75, 3.05) is 6.61 Å². The maximum absolute atomic E-state index is 10.1. The lowest BCUT2D eigenvalue weighted by atomic mass is 9.79. The van der Waals surface area contributed by atoms with Crippen LogP contribution in [0.25, 0.3) is 0 Å². The summed E-state index contributed by atoms with van der Waals surface area (Å²) in [5, 5.41) is 10.1. The zero-order valence-electron chi connectivity index (χ0n) is 12.5. The summed E-state index contributed by atoms with van der Waals surface area (Å²) in [7, 11) is 0. The van der Waals surface area contributed by atoms with E-state index in [0.717, 1.165) is 19.4 Å². The predicted octanol–water partition coefficient (Wildman–Crippen LogP) is 4.16. The zero-order chi connectivity index (χ0) is 13.4. The van der Waals surface area contributed by atoms with E-state index >= 15 is 0 Å². The van der Waals surface area contributed by atoms with Crippen molar-refractivity contribution in [1.82, 2.24) is 0 Å². The summed E-state index contributed by atoms with van der Waals surface area (Å²) in [6.07, 6.45) is 9.71. The average Bonchev–Trinajstić information content (AvgIpc) is 2.30. The van der Waals surface area contributed by atoms with Crippen molar-refractivity contribution in [3.05, 3.63) is 0 Å². The Morgan fingerprint density at radius 3 is 2.33 bits per heavy atom. The summed E-state index contributed by atoms with van der Waals surface area (Å²) < 4.78 is 5.91. The normalized spacial score (nSPS) is 32.7. The first-order valence-corrected chi connectivity index (χ1v) is 7.94. The van der Waals surface area contributed by atoms with Gasteiger partial charge in [-0.1, -0.05) is 52.9 Å². The van der Waals surface area contributed by atoms with E-state index in [1.807, 2.05) is 0 Å². The minimum atomic E-state index is -0.246. The second-order valence-corrected chi connectivity index (χ2v) is 6.22. The molecule has 1 saturated carbocycles. The van der Waals surface area contributed by atoms with Gasteiger partial charge in [0.2, 0.25) is 0 Å². The molecule has 0 radical (unpaired) electrons. The van der Waals surface area contributed by atoms with Gasteiger partial charge in [-0.15, -0.1) is 0 Å². The highest BCUT2D eigenvalue weighted by Crippen LogP contribution is 2.31. The molecule has 0 aromatic heterocycles. The Morgan fingerprint density at radius 2 is 1.67 bits per heavy atom. The van der Waals surface area contributed by atoms with E-state index in [1.54, 1.807) is 0 Å². The number of hydrogen-bond acceptors (Lipinski definition) is 2. The molecule has 1 fully saturated rings. The van der Waals surface area contributed by atoms with E-state index in [4.69, 9.17) is 4.74 Å². The summed E-state index contributed by atoms with van der Waals surface area (Å²) in [5.74, 6) is 1.15. The molecule has 1 rings (SSSR count). The van der Waals surface area contributed by atoms with Crippen LogP contribution in [0, 0.1) is 11.8 Å². The molecule has 18 heavy (non-hydrogen) atoms. The molecular formula is C16H32O2. The molecule has 108 valence electrons. The third kappa shape index (κ3) is 5.71. The van der Waals surface area contributed by atoms with Crippen LogP contribution >= 0.6 is 0 Å². The van der Waals surface area contributed by atoms with Crippen LogP contribution in [0.15, 0.2) is 0 Å². The van der Waals surface area contributed by atoms with Crippen LogP contribution in [-0.4, -0.2) is 23.9 Å². The van der Waals surface area contributed by atoms with Crippen LogP contribution < -0.4 is 0 Å². The molecule has 0 heterocycles. The maximum Gasteiger partial charge on any atom is 0.0859 e. The Morgan fingerprint density at radius 1 is 1.00 bits per heavy atom. The van der Waals surface area contributed by atoms with Gasteiger partial charge in [0.25, 0.3) is 0 Å². The fourth-order valence-corrected chi connectivity index (χ4v) is 3.17. The van der Waals surface area contributed by atoms with E-state index in [1.165, 1.54) is 38.5 Å². The molecule has 0 spiro atoms. The topological polar surface area (TPSA) is 29.5 Å². The van der Waals surface area contributed by atoms with Crippen molar-refractivity contribution in [1.29, 1.82) is 0 Å². The third-order valence-corrected chi connectivity index (χ3v) is 4.17. The Balaban J connectivity index is 2.07. The highest BCUT2D eigenvalue weighted by molar-refractivity contribution is 4.83. The van der Waals surface area contributed by atoms with Gasteiger partial charge in [0, 0.05) is 6.61 Å². The van der Waals surface area contributed by atoms with E-state index < -0.39 is 0 Å². The molecule has 0 aliphatic heterocycles. The highest BCUT2D eigenvalue weighted by Gasteiger charge is 2.33. The van der Waals surface area contributed by atoms with Gasteiger partial charge in [0.1, 0.15) is 0 Å². The summed E-state index contributed by atoms with van der Waals surface area (Å²) in [5.41, 5.74) is 0. The maximum atomic E-state index is 10.1. The smallest absolute Gasteiger partial charge is 0.0859 e. The van der Waals surface area contributed by atoms with Gasteiger partial charge >= 0.3 is 0 Å². The molecule has 0 bridgehead atoms. The van der Waals surface area contributed by atoms with Crippen LogP contribution in [0.3, 0.4) is 0 Å². The average molecular weight is 256 g/mol. The van der Waals surface area contributed by atoms with Crippen LogP contribution in [-0.2, 0) is 4.74 Å². The summed E-state index contributed by atoms with van der Waals surface area (Å²) in [6, 6.07) is 0. The summed E-state index contributed by atoms with van der Waals surface area (Å²) >= 11 is 0. The number of aliphatic hydroxyl groups excluding tert-OH is 1. The first-order valence-electron chi connectivity index (χ1n) is 7.94. The molecule has 2 nitrogen and oxygen atoms in total. The fraction of sp³-hybridized carbons (Fsp3) is 1.00. The van der Waals surface area contributed by atoms with Crippen molar-refractivity contribution in [2.24, 2.45) is 11.8 Å². The largest absolute Gasteiger partial charge is 0.390 e. The van der Waals surface area contributed by atoms with Crippen molar-refractivity contribution in [3.63, 3.8) is 0 Å². The van der Waals surface area contributed by atoms with Crippen molar-refractivity contribution >= 4 is 0 Å². The van der Waals surface area contributed by atoms with Gasteiger partial charge in [-0.2, -0.15) is 0 Å². The van der Waals surface area contributed by atoms with E-state index in [0.29, 0.717) is 11.8 Å². The first-order chi connectivity index (χ1) is 8.65. The predicted molar refractivity (Wildman–Crippen MR) is 76.7 cm³/mol. The fourth-order valence-electron chi connectivity index (χ4n) is 3.17. The van der Waals surface area contributed by atoms with Crippen molar-refractivity contribution in [2.45, 2.75) is 84.3 Å². The van der Waals surface area contributed by atoms with E-state index in [-0.39, 0.29) is 12.2 Å². The van der Waals surface area contributed by atoms with Gasteiger partial charge < -0.3 is 9.84 Å². The quantitative estimate of drug-likeness (QED) is 0.661. The van der Waals surface area contributed by atoms with Crippen LogP contribution in [0.4, 0.5) is 0 Å². The SMILES string of the molecule is CCCCCCCCOC1C(C)CC(C)CC1O. The van der Waals surface area contributed by atoms with Crippen molar-refractivity contribution in [3.8, 4) is 0 Å². The number of aliphatic hydroxyl groups is 1. The standard InChI is InChI=1S/C16H32O2/c1-4-5-6-7-8-9-10-18-16-14(3)11-13(2)12-15(16)17/h13-17H,4-12H2,1-3H3. The van der Waals surface area contributed by atoms with Gasteiger partial charge in [-0.05, 0) is 31.1 Å². The molecule has 1 N–H and O–H groups in total. The van der Waals surface area contributed by atoms with E-state index in [9.17, 15) is 5.11 Å². The lowest BCUT2D eigenvalue weighted by Gasteiger charge is -2.36. The summed E-state index contributed by atoms with van der Waals surface area (Å²) in [6.45, 7) is 7.51. The highest BCUT2D eigenvalue weighted by atomic mass is 16.5. The number of rotatable bonds is 8. The van der Waals surface area contributed by atoms with Gasteiger partial charge in [0.05, 0.1) is 12.2 Å². The lowest BCUT2D eigenvalue weighted by Crippen LogP contribution is -2.41. The Bertz CT molecular complexity index is 193. The third-order valence-electron chi connectivity index (χ3n) is 4.17. The molecular weight excluding hydrogens is 224 g/mol. The molecule has 2 heteroatoms. The Hall–Kier alpha value is -0.0800. The minimum Gasteiger partial charge on any atom is -0.390 e. The molecule has 1 aliphatic carbocycles. The summed E-state index contributed by atoms with van der Waals surface area (Å²) in [4.78, 5) is 0. The van der Waals surface area contributed by atoms with Gasteiger partial charge in [-0.25, -0.2) is 0 Å². The number of hydrogen-bond donors (Lipinski definition) is 1. The molecule has 0 aromatic rings. The second-order valence-electron chi connectivity index (χ2n) is 6.22. The second kappa shape index (κ2) is 8.92. The number of unbranched alkanes of at least 4 members (excludes halogenated alkanes) is 5. The Kier molecular flexibility index (Phi) is 7.92. The monoisotopic (exact) mass is 256 g/mol.